The number of anilines is 1. The minimum atomic E-state index is -1.04. The quantitative estimate of drug-likeness (QED) is 0.696. The van der Waals surface area contributed by atoms with Crippen LogP contribution in [0.25, 0.3) is 0 Å². The van der Waals surface area contributed by atoms with Gasteiger partial charge < -0.3 is 25.0 Å². The highest BCUT2D eigenvalue weighted by atomic mass is 16.5. The first-order valence-corrected chi connectivity index (χ1v) is 5.66. The van der Waals surface area contributed by atoms with Gasteiger partial charge in [-0.2, -0.15) is 0 Å². The molecule has 0 saturated carbocycles. The average Bonchev–Trinajstić information content (AvgIpc) is 2.38. The van der Waals surface area contributed by atoms with Crippen molar-refractivity contribution in [3.8, 4) is 5.75 Å². The van der Waals surface area contributed by atoms with Crippen LogP contribution < -0.4 is 9.64 Å². The summed E-state index contributed by atoms with van der Waals surface area (Å²) in [6, 6.07) is 4.85. The van der Waals surface area contributed by atoms with Gasteiger partial charge in [-0.3, -0.25) is 0 Å². The molecule has 0 aromatic heterocycles. The standard InChI is InChI=1S/C12H15NO5/c14-7-8(15)6-13-4-5-18-11-9(12(16)17)2-1-3-10(11)13/h1-3,8,14-15H,4-7H2,(H,16,17). The molecule has 6 heteroatoms. The topological polar surface area (TPSA) is 90.2 Å². The molecule has 1 aromatic rings. The van der Waals surface area contributed by atoms with E-state index in [1.165, 1.54) is 6.07 Å². The molecule has 3 N–H and O–H groups in total. The van der Waals surface area contributed by atoms with E-state index in [9.17, 15) is 9.90 Å². The molecule has 0 amide bonds. The molecule has 1 aliphatic rings. The van der Waals surface area contributed by atoms with Gasteiger partial charge in [0, 0.05) is 6.54 Å². The van der Waals surface area contributed by atoms with E-state index in [2.05, 4.69) is 0 Å². The number of ether oxygens (including phenoxy) is 1. The molecular weight excluding hydrogens is 238 g/mol. The highest BCUT2D eigenvalue weighted by molar-refractivity contribution is 5.93. The Kier molecular flexibility index (Phi) is 3.69. The number of β-amino-alcohol motifs (C(OH)–C–C–N with tert-alkyl or cyclic N) is 1. The fraction of sp³-hybridized carbons (Fsp3) is 0.417. The summed E-state index contributed by atoms with van der Waals surface area (Å²) in [7, 11) is 0. The van der Waals surface area contributed by atoms with Gasteiger partial charge in [-0.25, -0.2) is 4.79 Å². The van der Waals surface area contributed by atoms with Crippen LogP contribution in [0.4, 0.5) is 5.69 Å². The lowest BCUT2D eigenvalue weighted by molar-refractivity contribution is 0.0691. The highest BCUT2D eigenvalue weighted by Gasteiger charge is 2.24. The zero-order valence-corrected chi connectivity index (χ0v) is 9.74. The molecule has 1 aromatic carbocycles. The van der Waals surface area contributed by atoms with Crippen molar-refractivity contribution in [3.05, 3.63) is 23.8 Å². The van der Waals surface area contributed by atoms with Crippen LogP contribution in [0.2, 0.25) is 0 Å². The first-order chi connectivity index (χ1) is 8.63. The SMILES string of the molecule is O=C(O)c1cccc2c1OCCN2CC(O)CO. The number of aromatic carboxylic acids is 1. The van der Waals surface area contributed by atoms with Gasteiger partial charge in [0.25, 0.3) is 0 Å². The third-order valence-electron chi connectivity index (χ3n) is 2.81. The molecule has 1 aliphatic heterocycles. The van der Waals surface area contributed by atoms with Crippen LogP contribution in [0.15, 0.2) is 18.2 Å². The van der Waals surface area contributed by atoms with Crippen molar-refractivity contribution in [1.29, 1.82) is 0 Å². The zero-order valence-electron chi connectivity index (χ0n) is 9.74. The molecule has 0 fully saturated rings. The predicted molar refractivity (Wildman–Crippen MR) is 64.2 cm³/mol. The van der Waals surface area contributed by atoms with Crippen LogP contribution in [0.5, 0.6) is 5.75 Å². The number of para-hydroxylation sites is 1. The minimum Gasteiger partial charge on any atom is -0.489 e. The number of nitrogens with zero attached hydrogens (tertiary/aromatic N) is 1. The van der Waals surface area contributed by atoms with E-state index in [0.29, 0.717) is 24.6 Å². The Balaban J connectivity index is 2.32. The van der Waals surface area contributed by atoms with E-state index in [-0.39, 0.29) is 18.7 Å². The smallest absolute Gasteiger partial charge is 0.339 e. The molecule has 98 valence electrons. The molecule has 0 bridgehead atoms. The maximum absolute atomic E-state index is 11.1. The third-order valence-corrected chi connectivity index (χ3v) is 2.81. The van der Waals surface area contributed by atoms with Crippen LogP contribution >= 0.6 is 0 Å². The molecule has 0 aliphatic carbocycles. The molecule has 1 heterocycles. The summed E-state index contributed by atoms with van der Waals surface area (Å²) in [6.07, 6.45) is -0.857. The van der Waals surface area contributed by atoms with E-state index in [4.69, 9.17) is 14.9 Å². The van der Waals surface area contributed by atoms with Crippen molar-refractivity contribution in [3.63, 3.8) is 0 Å². The highest BCUT2D eigenvalue weighted by Crippen LogP contribution is 2.34. The van der Waals surface area contributed by atoms with Gasteiger partial charge in [0.1, 0.15) is 12.2 Å². The lowest BCUT2D eigenvalue weighted by atomic mass is 10.1. The zero-order chi connectivity index (χ0) is 13.1. The molecular formula is C12H15NO5. The van der Waals surface area contributed by atoms with Gasteiger partial charge in [0.15, 0.2) is 5.75 Å². The average molecular weight is 253 g/mol. The van der Waals surface area contributed by atoms with Gasteiger partial charge >= 0.3 is 5.97 Å². The van der Waals surface area contributed by atoms with Crippen molar-refractivity contribution in [2.75, 3.05) is 31.2 Å². The summed E-state index contributed by atoms with van der Waals surface area (Å²) in [5.41, 5.74) is 0.740. The maximum Gasteiger partial charge on any atom is 0.339 e. The number of benzene rings is 1. The maximum atomic E-state index is 11.1. The Bertz CT molecular complexity index is 448. The Morgan fingerprint density at radius 2 is 2.28 bits per heavy atom. The Hall–Kier alpha value is -1.79. The summed E-state index contributed by atoms with van der Waals surface area (Å²) in [4.78, 5) is 12.9. The van der Waals surface area contributed by atoms with E-state index in [1.807, 2.05) is 4.90 Å². The molecule has 1 unspecified atom stereocenters. The van der Waals surface area contributed by atoms with Gasteiger partial charge in [-0.1, -0.05) is 6.07 Å². The normalized spacial score (nSPS) is 15.8. The van der Waals surface area contributed by atoms with Crippen LogP contribution in [-0.4, -0.2) is 53.7 Å². The molecule has 0 radical (unpaired) electrons. The summed E-state index contributed by atoms with van der Waals surface area (Å²) in [5.74, 6) is -0.724. The predicted octanol–water partition coefficient (Wildman–Crippen LogP) is -0.0632. The van der Waals surface area contributed by atoms with Crippen molar-refractivity contribution in [1.82, 2.24) is 0 Å². The minimum absolute atomic E-state index is 0.107. The number of hydrogen-bond acceptors (Lipinski definition) is 5. The van der Waals surface area contributed by atoms with E-state index >= 15 is 0 Å². The second-order valence-corrected chi connectivity index (χ2v) is 4.09. The van der Waals surface area contributed by atoms with Crippen molar-refractivity contribution in [2.45, 2.75) is 6.10 Å². The second-order valence-electron chi connectivity index (χ2n) is 4.09. The third kappa shape index (κ3) is 2.39. The van der Waals surface area contributed by atoms with Crippen molar-refractivity contribution < 1.29 is 24.9 Å². The van der Waals surface area contributed by atoms with Crippen LogP contribution in [0.3, 0.4) is 0 Å². The van der Waals surface area contributed by atoms with Crippen LogP contribution in [0.1, 0.15) is 10.4 Å². The van der Waals surface area contributed by atoms with Gasteiger partial charge in [-0.05, 0) is 12.1 Å². The number of carboxylic acids is 1. The molecule has 18 heavy (non-hydrogen) atoms. The first kappa shape index (κ1) is 12.7. The molecule has 6 nitrogen and oxygen atoms in total. The van der Waals surface area contributed by atoms with E-state index < -0.39 is 12.1 Å². The number of hydrogen-bond donors (Lipinski definition) is 3. The van der Waals surface area contributed by atoms with Crippen LogP contribution in [0, 0.1) is 0 Å². The van der Waals surface area contributed by atoms with Gasteiger partial charge in [0.2, 0.25) is 0 Å². The van der Waals surface area contributed by atoms with Gasteiger partial charge in [0.05, 0.1) is 24.9 Å². The Morgan fingerprint density at radius 1 is 1.50 bits per heavy atom. The fourth-order valence-corrected chi connectivity index (χ4v) is 1.97. The lowest BCUT2D eigenvalue weighted by Crippen LogP contribution is -2.40. The Morgan fingerprint density at radius 3 is 2.94 bits per heavy atom. The van der Waals surface area contributed by atoms with Gasteiger partial charge in [-0.15, -0.1) is 0 Å². The van der Waals surface area contributed by atoms with Crippen LogP contribution in [-0.2, 0) is 0 Å². The molecule has 1 atom stereocenters. The molecule has 2 rings (SSSR count). The number of carbonyl (C=O) groups is 1. The monoisotopic (exact) mass is 253 g/mol. The number of carboxylic acid groups (broad SMARTS) is 1. The summed E-state index contributed by atoms with van der Waals surface area (Å²) in [6.45, 7) is 0.823. The van der Waals surface area contributed by atoms with Crippen molar-refractivity contribution in [2.24, 2.45) is 0 Å². The molecule has 0 saturated heterocycles. The van der Waals surface area contributed by atoms with E-state index in [0.717, 1.165) is 0 Å². The summed E-state index contributed by atoms with van der Waals surface area (Å²) in [5, 5.41) is 27.4. The lowest BCUT2D eigenvalue weighted by Gasteiger charge is -2.32. The fourth-order valence-electron chi connectivity index (χ4n) is 1.97. The number of aliphatic hydroxyl groups is 2. The number of rotatable bonds is 4. The molecule has 0 spiro atoms. The van der Waals surface area contributed by atoms with Crippen molar-refractivity contribution >= 4 is 11.7 Å². The number of fused-ring (bicyclic) bond motifs is 1. The largest absolute Gasteiger partial charge is 0.489 e. The van der Waals surface area contributed by atoms with E-state index in [1.54, 1.807) is 12.1 Å². The summed E-state index contributed by atoms with van der Waals surface area (Å²) < 4.78 is 5.39. The number of aliphatic hydroxyl groups excluding tert-OH is 2. The second kappa shape index (κ2) is 5.24. The Labute approximate surface area is 104 Å². The first-order valence-electron chi connectivity index (χ1n) is 5.66. The summed E-state index contributed by atoms with van der Waals surface area (Å²) >= 11 is 0.